The highest BCUT2D eigenvalue weighted by Gasteiger charge is 1.86. The van der Waals surface area contributed by atoms with Gasteiger partial charge in [0.15, 0.2) is 0 Å². The molecular formula is C20H31O2-. The summed E-state index contributed by atoms with van der Waals surface area (Å²) in [6.45, 7) is 2.15. The number of carbonyl (C=O) groups excluding carboxylic acids is 1. The van der Waals surface area contributed by atoms with E-state index in [4.69, 9.17) is 0 Å². The molecule has 0 amide bonds. The lowest BCUT2D eigenvalue weighted by atomic mass is 10.1. The molecule has 0 aromatic heterocycles. The van der Waals surface area contributed by atoms with E-state index < -0.39 is 5.97 Å². The highest BCUT2D eigenvalue weighted by atomic mass is 16.4. The maximum absolute atomic E-state index is 10.2. The van der Waals surface area contributed by atoms with Crippen LogP contribution in [0.3, 0.4) is 0 Å². The van der Waals surface area contributed by atoms with E-state index in [1.54, 1.807) is 0 Å². The zero-order chi connectivity index (χ0) is 16.3. The van der Waals surface area contributed by atoms with Gasteiger partial charge in [0.05, 0.1) is 0 Å². The molecule has 0 aliphatic heterocycles. The molecule has 0 spiro atoms. The van der Waals surface area contributed by atoms with Crippen molar-refractivity contribution in [2.75, 3.05) is 0 Å². The second-order valence-electron chi connectivity index (χ2n) is 5.31. The molecule has 0 saturated carbocycles. The molecule has 0 N–H and O–H groups in total. The van der Waals surface area contributed by atoms with Crippen molar-refractivity contribution in [1.29, 1.82) is 0 Å². The minimum absolute atomic E-state index is 0.165. The van der Waals surface area contributed by atoms with Crippen LogP contribution in [0.2, 0.25) is 0 Å². The quantitative estimate of drug-likeness (QED) is 0.339. The lowest BCUT2D eigenvalue weighted by Crippen LogP contribution is -2.21. The highest BCUT2D eigenvalue weighted by Crippen LogP contribution is 2.04. The van der Waals surface area contributed by atoms with Crippen molar-refractivity contribution in [1.82, 2.24) is 0 Å². The first-order chi connectivity index (χ1) is 10.8. The Hall–Kier alpha value is -1.57. The molecule has 2 heteroatoms. The van der Waals surface area contributed by atoms with Crippen LogP contribution in [0, 0.1) is 0 Å². The molecule has 0 aliphatic rings. The van der Waals surface area contributed by atoms with Gasteiger partial charge < -0.3 is 9.90 Å². The van der Waals surface area contributed by atoms with E-state index in [9.17, 15) is 9.90 Å². The number of hydrogen-bond acceptors (Lipinski definition) is 2. The third kappa shape index (κ3) is 18.4. The molecule has 0 heterocycles. The van der Waals surface area contributed by atoms with Crippen LogP contribution in [0.15, 0.2) is 48.6 Å². The predicted octanol–water partition coefficient (Wildman–Crippen LogP) is 4.88. The van der Waals surface area contributed by atoms with E-state index in [-0.39, 0.29) is 6.42 Å². The molecule has 0 aliphatic carbocycles. The van der Waals surface area contributed by atoms with Crippen molar-refractivity contribution in [2.24, 2.45) is 0 Å². The standard InChI is InChI=1S/C20H32O2/c1-2-3-4-5-6-7-8-9-10-11-12-13-14-15-16-17-18-19-20(21)22/h3-4,6-7,9-10,15-16H,2,5,8,11-14,17-19H2,1H3,(H,21,22)/p-1/b4-3-,7-6-,10-9-,16-15-. The van der Waals surface area contributed by atoms with Crippen molar-refractivity contribution in [2.45, 2.75) is 71.1 Å². The van der Waals surface area contributed by atoms with Gasteiger partial charge in [-0.1, -0.05) is 55.5 Å². The van der Waals surface area contributed by atoms with E-state index in [1.807, 2.05) is 0 Å². The molecule has 0 aromatic rings. The van der Waals surface area contributed by atoms with E-state index in [1.165, 1.54) is 12.8 Å². The molecule has 0 fully saturated rings. The Labute approximate surface area is 136 Å². The lowest BCUT2D eigenvalue weighted by Gasteiger charge is -1.97. The Morgan fingerprint density at radius 2 is 1.18 bits per heavy atom. The average molecular weight is 303 g/mol. The van der Waals surface area contributed by atoms with Crippen molar-refractivity contribution in [3.63, 3.8) is 0 Å². The first-order valence-corrected chi connectivity index (χ1v) is 8.57. The van der Waals surface area contributed by atoms with Crippen molar-refractivity contribution in [3.8, 4) is 0 Å². The number of carboxylic acid groups (broad SMARTS) is 1. The SMILES string of the molecule is CC/C=C\C/C=C\C/C=C\CCCC/C=C\CCCC(=O)[O-]. The molecular weight excluding hydrogens is 272 g/mol. The second kappa shape index (κ2) is 17.5. The molecule has 0 aromatic carbocycles. The Balaban J connectivity index is 3.31. The average Bonchev–Trinajstić information content (AvgIpc) is 2.50. The van der Waals surface area contributed by atoms with Crippen LogP contribution in [0.4, 0.5) is 0 Å². The van der Waals surface area contributed by atoms with E-state index in [0.29, 0.717) is 6.42 Å². The summed E-state index contributed by atoms with van der Waals surface area (Å²) in [5, 5.41) is 10.2. The van der Waals surface area contributed by atoms with Crippen molar-refractivity contribution < 1.29 is 9.90 Å². The van der Waals surface area contributed by atoms with Gasteiger partial charge >= 0.3 is 0 Å². The van der Waals surface area contributed by atoms with Crippen LogP contribution < -0.4 is 5.11 Å². The predicted molar refractivity (Wildman–Crippen MR) is 93.4 cm³/mol. The normalized spacial score (nSPS) is 12.4. The monoisotopic (exact) mass is 303 g/mol. The van der Waals surface area contributed by atoms with Crippen LogP contribution in [0.1, 0.15) is 71.1 Å². The molecule has 22 heavy (non-hydrogen) atoms. The summed E-state index contributed by atoms with van der Waals surface area (Å²) in [4.78, 5) is 10.2. The Kier molecular flexibility index (Phi) is 16.2. The fourth-order valence-electron chi connectivity index (χ4n) is 1.95. The van der Waals surface area contributed by atoms with Crippen LogP contribution >= 0.6 is 0 Å². The first-order valence-electron chi connectivity index (χ1n) is 8.57. The van der Waals surface area contributed by atoms with Gasteiger partial charge in [-0.05, 0) is 64.2 Å². The van der Waals surface area contributed by atoms with Crippen LogP contribution in [-0.2, 0) is 4.79 Å². The summed E-state index contributed by atoms with van der Waals surface area (Å²) in [7, 11) is 0. The van der Waals surface area contributed by atoms with Gasteiger partial charge in [0.25, 0.3) is 0 Å². The number of hydrogen-bond donors (Lipinski definition) is 0. The number of rotatable bonds is 14. The minimum atomic E-state index is -0.951. The van der Waals surface area contributed by atoms with Crippen LogP contribution in [0.25, 0.3) is 0 Å². The maximum Gasteiger partial charge on any atom is 0.0414 e. The Bertz CT molecular complexity index is 362. The van der Waals surface area contributed by atoms with Gasteiger partial charge in [0, 0.05) is 5.97 Å². The minimum Gasteiger partial charge on any atom is -0.550 e. The molecule has 0 unspecified atom stereocenters. The van der Waals surface area contributed by atoms with Gasteiger partial charge in [-0.3, -0.25) is 0 Å². The molecule has 0 rings (SSSR count). The summed E-state index contributed by atoms with van der Waals surface area (Å²) < 4.78 is 0. The maximum atomic E-state index is 10.2. The largest absolute Gasteiger partial charge is 0.550 e. The summed E-state index contributed by atoms with van der Waals surface area (Å²) in [5.74, 6) is -0.951. The summed E-state index contributed by atoms with van der Waals surface area (Å²) in [5.41, 5.74) is 0. The lowest BCUT2D eigenvalue weighted by molar-refractivity contribution is -0.305. The molecule has 0 saturated heterocycles. The van der Waals surface area contributed by atoms with Crippen molar-refractivity contribution in [3.05, 3.63) is 48.6 Å². The number of allylic oxidation sites excluding steroid dienone is 8. The van der Waals surface area contributed by atoms with E-state index in [0.717, 1.165) is 38.5 Å². The summed E-state index contributed by atoms with van der Waals surface area (Å²) in [6.07, 6.45) is 27.0. The van der Waals surface area contributed by atoms with Gasteiger partial charge in [0.1, 0.15) is 0 Å². The van der Waals surface area contributed by atoms with Gasteiger partial charge in [0.2, 0.25) is 0 Å². The van der Waals surface area contributed by atoms with Gasteiger partial charge in [-0.25, -0.2) is 0 Å². The number of carbonyl (C=O) groups is 1. The summed E-state index contributed by atoms with van der Waals surface area (Å²) >= 11 is 0. The third-order valence-corrected chi connectivity index (χ3v) is 3.19. The van der Waals surface area contributed by atoms with E-state index >= 15 is 0 Å². The van der Waals surface area contributed by atoms with E-state index in [2.05, 4.69) is 55.5 Å². The van der Waals surface area contributed by atoms with Crippen LogP contribution in [-0.4, -0.2) is 5.97 Å². The second-order valence-corrected chi connectivity index (χ2v) is 5.31. The number of unbranched alkanes of at least 4 members (excludes halogenated alkanes) is 4. The van der Waals surface area contributed by atoms with Crippen LogP contribution in [0.5, 0.6) is 0 Å². The molecule has 124 valence electrons. The summed E-state index contributed by atoms with van der Waals surface area (Å²) in [6, 6.07) is 0. The number of aliphatic carboxylic acids is 1. The third-order valence-electron chi connectivity index (χ3n) is 3.19. The highest BCUT2D eigenvalue weighted by molar-refractivity contribution is 5.64. The molecule has 2 nitrogen and oxygen atoms in total. The number of carboxylic acids is 1. The van der Waals surface area contributed by atoms with Gasteiger partial charge in [-0.2, -0.15) is 0 Å². The van der Waals surface area contributed by atoms with Crippen molar-refractivity contribution >= 4 is 5.97 Å². The molecule has 0 atom stereocenters. The fourth-order valence-corrected chi connectivity index (χ4v) is 1.95. The Morgan fingerprint density at radius 1 is 0.727 bits per heavy atom. The first kappa shape index (κ1) is 20.4. The zero-order valence-electron chi connectivity index (χ0n) is 14.0. The Morgan fingerprint density at radius 3 is 1.73 bits per heavy atom. The topological polar surface area (TPSA) is 40.1 Å². The zero-order valence-corrected chi connectivity index (χ0v) is 14.0. The molecule has 0 radical (unpaired) electrons. The van der Waals surface area contributed by atoms with Gasteiger partial charge in [-0.15, -0.1) is 0 Å². The smallest absolute Gasteiger partial charge is 0.0414 e. The fraction of sp³-hybridized carbons (Fsp3) is 0.550. The molecule has 0 bridgehead atoms.